The van der Waals surface area contributed by atoms with Gasteiger partial charge >= 0.3 is 0 Å². The molecule has 0 radical (unpaired) electrons. The standard InChI is InChI=1S/C22H27N3O2/c1-21(2,3)16-7-10-22(11-8-16)13-19(25-27-22)20(26)24-18-6-4-5-15-14-23-12-9-17(15)18/h4-6,9,12,14,16H,7-8,10-11,13H2,1-3H3,(H,24,26). The highest BCUT2D eigenvalue weighted by Crippen LogP contribution is 2.46. The molecule has 1 amide bonds. The molecule has 5 heteroatoms. The van der Waals surface area contributed by atoms with E-state index in [4.69, 9.17) is 4.84 Å². The monoisotopic (exact) mass is 365 g/mol. The van der Waals surface area contributed by atoms with E-state index in [9.17, 15) is 4.79 Å². The van der Waals surface area contributed by atoms with Crippen molar-refractivity contribution in [3.63, 3.8) is 0 Å². The van der Waals surface area contributed by atoms with Crippen LogP contribution >= 0.6 is 0 Å². The Balaban J connectivity index is 1.43. The first kappa shape index (κ1) is 18.0. The molecule has 2 heterocycles. The van der Waals surface area contributed by atoms with Gasteiger partial charge in [0.05, 0.1) is 0 Å². The number of pyridine rings is 1. The summed E-state index contributed by atoms with van der Waals surface area (Å²) < 4.78 is 0. The van der Waals surface area contributed by atoms with Gasteiger partial charge in [0.1, 0.15) is 11.3 Å². The summed E-state index contributed by atoms with van der Waals surface area (Å²) in [6, 6.07) is 7.72. The van der Waals surface area contributed by atoms with E-state index in [-0.39, 0.29) is 11.5 Å². The van der Waals surface area contributed by atoms with Gasteiger partial charge in [-0.3, -0.25) is 9.78 Å². The normalized spacial score (nSPS) is 25.3. The van der Waals surface area contributed by atoms with Gasteiger partial charge in [0.2, 0.25) is 0 Å². The summed E-state index contributed by atoms with van der Waals surface area (Å²) in [5.41, 5.74) is 1.32. The summed E-state index contributed by atoms with van der Waals surface area (Å²) in [5.74, 6) is 0.531. The molecular weight excluding hydrogens is 338 g/mol. The molecule has 1 aliphatic heterocycles. The van der Waals surface area contributed by atoms with Gasteiger partial charge in [-0.05, 0) is 49.1 Å². The van der Waals surface area contributed by atoms with Gasteiger partial charge < -0.3 is 10.2 Å². The van der Waals surface area contributed by atoms with E-state index in [1.807, 2.05) is 24.3 Å². The molecule has 1 aromatic carbocycles. The summed E-state index contributed by atoms with van der Waals surface area (Å²) in [6.45, 7) is 6.92. The molecule has 0 unspecified atom stereocenters. The zero-order chi connectivity index (χ0) is 19.1. The SMILES string of the molecule is CC(C)(C)C1CCC2(CC1)CC(C(=O)Nc1cccc3cnccc13)=NO2. The number of aromatic nitrogens is 1. The van der Waals surface area contributed by atoms with Crippen LogP contribution in [-0.2, 0) is 9.63 Å². The van der Waals surface area contributed by atoms with Crippen molar-refractivity contribution in [2.75, 3.05) is 5.32 Å². The van der Waals surface area contributed by atoms with Gasteiger partial charge in [0.15, 0.2) is 0 Å². The maximum absolute atomic E-state index is 12.8. The third-order valence-electron chi connectivity index (χ3n) is 6.15. The van der Waals surface area contributed by atoms with E-state index in [0.717, 1.165) is 42.1 Å². The highest BCUT2D eigenvalue weighted by Gasteiger charge is 2.45. The highest BCUT2D eigenvalue weighted by molar-refractivity contribution is 6.43. The van der Waals surface area contributed by atoms with E-state index >= 15 is 0 Å². The van der Waals surface area contributed by atoms with Gasteiger partial charge in [-0.1, -0.05) is 38.1 Å². The molecule has 1 spiro atoms. The van der Waals surface area contributed by atoms with Gasteiger partial charge in [-0.25, -0.2) is 0 Å². The minimum atomic E-state index is -0.281. The molecule has 0 bridgehead atoms. The van der Waals surface area contributed by atoms with Crippen LogP contribution < -0.4 is 5.32 Å². The number of hydrogen-bond acceptors (Lipinski definition) is 4. The fraction of sp³-hybridized carbons (Fsp3) is 0.500. The molecule has 1 N–H and O–H groups in total. The first-order chi connectivity index (χ1) is 12.9. The summed E-state index contributed by atoms with van der Waals surface area (Å²) in [5, 5.41) is 9.14. The Morgan fingerprint density at radius 3 is 2.74 bits per heavy atom. The van der Waals surface area contributed by atoms with Crippen molar-refractivity contribution in [3.05, 3.63) is 36.7 Å². The Bertz CT molecular complexity index is 885. The molecule has 5 nitrogen and oxygen atoms in total. The Morgan fingerprint density at radius 1 is 1.22 bits per heavy atom. The minimum absolute atomic E-state index is 0.172. The van der Waals surface area contributed by atoms with Crippen molar-refractivity contribution >= 4 is 28.1 Å². The summed E-state index contributed by atoms with van der Waals surface area (Å²) >= 11 is 0. The Kier molecular flexibility index (Phi) is 4.41. The third-order valence-corrected chi connectivity index (χ3v) is 6.15. The quantitative estimate of drug-likeness (QED) is 0.821. The second kappa shape index (κ2) is 6.63. The van der Waals surface area contributed by atoms with Crippen molar-refractivity contribution in [1.29, 1.82) is 0 Å². The molecule has 4 rings (SSSR count). The van der Waals surface area contributed by atoms with E-state index < -0.39 is 0 Å². The number of rotatable bonds is 2. The van der Waals surface area contributed by atoms with Crippen LogP contribution in [0, 0.1) is 11.3 Å². The number of hydrogen-bond donors (Lipinski definition) is 1. The van der Waals surface area contributed by atoms with Crippen LogP contribution in [0.2, 0.25) is 0 Å². The van der Waals surface area contributed by atoms with Crippen LogP contribution in [0.5, 0.6) is 0 Å². The lowest BCUT2D eigenvalue weighted by Crippen LogP contribution is -2.38. The predicted octanol–water partition coefficient (Wildman–Crippen LogP) is 4.92. The fourth-order valence-corrected chi connectivity index (χ4v) is 4.35. The zero-order valence-electron chi connectivity index (χ0n) is 16.3. The molecule has 142 valence electrons. The number of amides is 1. The lowest BCUT2D eigenvalue weighted by Gasteiger charge is -2.40. The number of nitrogens with zero attached hydrogens (tertiary/aromatic N) is 2. The zero-order valence-corrected chi connectivity index (χ0v) is 16.3. The Labute approximate surface area is 160 Å². The number of fused-ring (bicyclic) bond motifs is 1. The van der Waals surface area contributed by atoms with Crippen LogP contribution in [0.15, 0.2) is 41.8 Å². The lowest BCUT2D eigenvalue weighted by atomic mass is 9.67. The average Bonchev–Trinajstić information content (AvgIpc) is 3.05. The number of benzene rings is 1. The number of anilines is 1. The number of carbonyl (C=O) groups is 1. The number of nitrogens with one attached hydrogen (secondary N) is 1. The van der Waals surface area contributed by atoms with Crippen LogP contribution in [-0.4, -0.2) is 22.2 Å². The minimum Gasteiger partial charge on any atom is -0.388 e. The molecule has 1 saturated carbocycles. The second-order valence-electron chi connectivity index (χ2n) is 8.99. The molecule has 27 heavy (non-hydrogen) atoms. The first-order valence-corrected chi connectivity index (χ1v) is 9.75. The van der Waals surface area contributed by atoms with Crippen molar-refractivity contribution in [2.24, 2.45) is 16.5 Å². The van der Waals surface area contributed by atoms with Crippen molar-refractivity contribution in [1.82, 2.24) is 4.98 Å². The molecule has 2 aliphatic rings. The average molecular weight is 365 g/mol. The molecule has 2 aromatic rings. The first-order valence-electron chi connectivity index (χ1n) is 9.75. The summed E-state index contributed by atoms with van der Waals surface area (Å²) in [7, 11) is 0. The largest absolute Gasteiger partial charge is 0.388 e. The van der Waals surface area contributed by atoms with Crippen LogP contribution in [0.25, 0.3) is 10.8 Å². The number of carbonyl (C=O) groups excluding carboxylic acids is 1. The van der Waals surface area contributed by atoms with Crippen LogP contribution in [0.4, 0.5) is 5.69 Å². The maximum atomic E-state index is 12.8. The smallest absolute Gasteiger partial charge is 0.273 e. The Hall–Kier alpha value is -2.43. The molecule has 0 saturated heterocycles. The number of oxime groups is 1. The predicted molar refractivity (Wildman–Crippen MR) is 108 cm³/mol. The second-order valence-corrected chi connectivity index (χ2v) is 8.99. The van der Waals surface area contributed by atoms with Crippen LogP contribution in [0.3, 0.4) is 0 Å². The highest BCUT2D eigenvalue weighted by atomic mass is 16.7. The van der Waals surface area contributed by atoms with Gasteiger partial charge in [0.25, 0.3) is 5.91 Å². The maximum Gasteiger partial charge on any atom is 0.273 e. The van der Waals surface area contributed by atoms with Crippen molar-refractivity contribution in [3.8, 4) is 0 Å². The van der Waals surface area contributed by atoms with E-state index in [2.05, 4.69) is 36.2 Å². The van der Waals surface area contributed by atoms with Gasteiger partial charge in [-0.15, -0.1) is 0 Å². The molecule has 1 aromatic heterocycles. The van der Waals surface area contributed by atoms with E-state index in [1.165, 1.54) is 0 Å². The summed E-state index contributed by atoms with van der Waals surface area (Å²) in [6.07, 6.45) is 8.32. The molecule has 1 aliphatic carbocycles. The fourth-order valence-electron chi connectivity index (χ4n) is 4.35. The van der Waals surface area contributed by atoms with Crippen molar-refractivity contribution in [2.45, 2.75) is 58.5 Å². The topological polar surface area (TPSA) is 63.6 Å². The molecular formula is C22H27N3O2. The molecule has 0 atom stereocenters. The van der Waals surface area contributed by atoms with Crippen LogP contribution in [0.1, 0.15) is 52.9 Å². The third kappa shape index (κ3) is 3.55. The summed E-state index contributed by atoms with van der Waals surface area (Å²) in [4.78, 5) is 22.7. The molecule has 1 fully saturated rings. The van der Waals surface area contributed by atoms with Gasteiger partial charge in [0, 0.05) is 35.3 Å². The Morgan fingerprint density at radius 2 is 2.00 bits per heavy atom. The lowest BCUT2D eigenvalue weighted by molar-refractivity contribution is -0.110. The van der Waals surface area contributed by atoms with E-state index in [1.54, 1.807) is 12.4 Å². The van der Waals surface area contributed by atoms with Crippen molar-refractivity contribution < 1.29 is 9.63 Å². The van der Waals surface area contributed by atoms with Gasteiger partial charge in [-0.2, -0.15) is 0 Å². The van der Waals surface area contributed by atoms with E-state index in [0.29, 0.717) is 23.5 Å².